The van der Waals surface area contributed by atoms with Crippen molar-refractivity contribution in [3.63, 3.8) is 0 Å². The second-order valence-electron chi connectivity index (χ2n) is 9.73. The zero-order valence-corrected chi connectivity index (χ0v) is 23.4. The molecule has 2 aliphatic heterocycles. The van der Waals surface area contributed by atoms with E-state index in [1.807, 2.05) is 41.1 Å². The van der Waals surface area contributed by atoms with Crippen molar-refractivity contribution in [1.82, 2.24) is 14.7 Å². The summed E-state index contributed by atoms with van der Waals surface area (Å²) in [5.74, 6) is -0.402. The van der Waals surface area contributed by atoms with E-state index < -0.39 is 15.6 Å². The summed E-state index contributed by atoms with van der Waals surface area (Å²) >= 11 is 8.20. The molecule has 0 bridgehead atoms. The number of aromatic nitrogens is 2. The maximum atomic E-state index is 12.1. The van der Waals surface area contributed by atoms with Gasteiger partial charge in [0.25, 0.3) is 0 Å². The normalized spacial score (nSPS) is 17.8. The van der Waals surface area contributed by atoms with Crippen molar-refractivity contribution in [1.29, 1.82) is 0 Å². The molecule has 2 aromatic carbocycles. The summed E-state index contributed by atoms with van der Waals surface area (Å²) in [6.07, 6.45) is 2.93. The number of hydrogen-bond donors (Lipinski definition) is 0. The summed E-state index contributed by atoms with van der Waals surface area (Å²) in [7, 11) is -3.29. The molecule has 0 radical (unpaired) electrons. The fraction of sp³-hybridized carbons (Fsp3) is 0.321. The van der Waals surface area contributed by atoms with E-state index in [4.69, 9.17) is 26.2 Å². The third-order valence-electron chi connectivity index (χ3n) is 7.06. The lowest BCUT2D eigenvalue weighted by atomic mass is 10.0. The zero-order valence-electron chi connectivity index (χ0n) is 21.0. The summed E-state index contributed by atoms with van der Waals surface area (Å²) in [6.45, 7) is 3.83. The van der Waals surface area contributed by atoms with Crippen LogP contribution in [0.5, 0.6) is 0 Å². The Morgan fingerprint density at radius 1 is 0.974 bits per heavy atom. The van der Waals surface area contributed by atoms with Crippen LogP contribution in [0.2, 0.25) is 5.02 Å². The maximum absolute atomic E-state index is 12.1. The minimum Gasteiger partial charge on any atom is -0.347 e. The third-order valence-corrected chi connectivity index (χ3v) is 9.65. The summed E-state index contributed by atoms with van der Waals surface area (Å²) in [4.78, 5) is 4.70. The topological polar surface area (TPSA) is 73.7 Å². The van der Waals surface area contributed by atoms with Gasteiger partial charge in [-0.1, -0.05) is 35.9 Å². The monoisotopic (exact) mass is 569 g/mol. The van der Waals surface area contributed by atoms with Gasteiger partial charge in [-0.3, -0.25) is 4.90 Å². The molecular formula is C28H28ClN3O4S2. The highest BCUT2D eigenvalue weighted by molar-refractivity contribution is 7.90. The molecule has 7 nitrogen and oxygen atoms in total. The molecule has 0 N–H and O–H groups in total. The smallest absolute Gasteiger partial charge is 0.175 e. The summed E-state index contributed by atoms with van der Waals surface area (Å²) in [5, 5.41) is 5.61. The molecule has 2 aromatic heterocycles. The lowest BCUT2D eigenvalue weighted by molar-refractivity contribution is -0.185. The van der Waals surface area contributed by atoms with Gasteiger partial charge in [-0.05, 0) is 48.0 Å². The van der Waals surface area contributed by atoms with Crippen LogP contribution in [0.1, 0.15) is 18.5 Å². The van der Waals surface area contributed by atoms with Crippen LogP contribution >= 0.6 is 22.9 Å². The number of halogens is 1. The first-order valence-electron chi connectivity index (χ1n) is 12.5. The zero-order chi connectivity index (χ0) is 26.3. The van der Waals surface area contributed by atoms with Crippen molar-refractivity contribution in [2.45, 2.75) is 30.1 Å². The highest BCUT2D eigenvalue weighted by Crippen LogP contribution is 2.38. The number of piperidine rings is 1. The van der Waals surface area contributed by atoms with Crippen LogP contribution in [-0.4, -0.2) is 61.4 Å². The molecule has 38 heavy (non-hydrogen) atoms. The number of ether oxygens (including phenoxy) is 2. The second kappa shape index (κ2) is 10.2. The van der Waals surface area contributed by atoms with E-state index in [-0.39, 0.29) is 0 Å². The molecule has 1 spiro atoms. The molecule has 0 unspecified atom stereocenters. The fourth-order valence-corrected chi connectivity index (χ4v) is 6.95. The Hall–Kier alpha value is -2.53. The SMILES string of the molecule is CS(=O)(=O)c1cccc(-c2ccc(-c3cc(CN4CCC5(CC4)OCCO5)nn3-c3ccccc3Cl)s2)c1. The lowest BCUT2D eigenvalue weighted by Crippen LogP contribution is -2.44. The molecule has 2 aliphatic rings. The fourth-order valence-electron chi connectivity index (χ4n) is 5.07. The van der Waals surface area contributed by atoms with Crippen LogP contribution in [-0.2, 0) is 25.9 Å². The van der Waals surface area contributed by atoms with Gasteiger partial charge in [-0.25, -0.2) is 13.1 Å². The molecule has 4 aromatic rings. The van der Waals surface area contributed by atoms with Gasteiger partial charge < -0.3 is 9.47 Å². The van der Waals surface area contributed by atoms with Crippen LogP contribution in [0.4, 0.5) is 0 Å². The number of sulfone groups is 1. The van der Waals surface area contributed by atoms with E-state index in [0.717, 1.165) is 64.9 Å². The van der Waals surface area contributed by atoms with Crippen LogP contribution in [0, 0.1) is 0 Å². The summed E-state index contributed by atoms with van der Waals surface area (Å²) in [6, 6.07) is 21.0. The number of nitrogens with zero attached hydrogens (tertiary/aromatic N) is 3. The Bertz CT molecular complexity index is 1560. The van der Waals surface area contributed by atoms with E-state index >= 15 is 0 Å². The average molecular weight is 570 g/mol. The van der Waals surface area contributed by atoms with Gasteiger partial charge in [-0.15, -0.1) is 11.3 Å². The second-order valence-corrected chi connectivity index (χ2v) is 13.2. The largest absolute Gasteiger partial charge is 0.347 e. The molecule has 2 saturated heterocycles. The molecule has 2 fully saturated rings. The van der Waals surface area contributed by atoms with E-state index in [1.165, 1.54) is 6.26 Å². The first kappa shape index (κ1) is 25.7. The first-order valence-corrected chi connectivity index (χ1v) is 15.6. The molecule has 6 rings (SSSR count). The average Bonchev–Trinajstić information content (AvgIpc) is 3.66. The number of rotatable bonds is 6. The Morgan fingerprint density at radius 3 is 2.45 bits per heavy atom. The van der Waals surface area contributed by atoms with Gasteiger partial charge >= 0.3 is 0 Å². The van der Waals surface area contributed by atoms with Crippen LogP contribution in [0.3, 0.4) is 0 Å². The predicted octanol–water partition coefficient (Wildman–Crippen LogP) is 5.66. The molecule has 10 heteroatoms. The number of benzene rings is 2. The van der Waals surface area contributed by atoms with Crippen molar-refractivity contribution in [3.8, 4) is 26.7 Å². The quantitative estimate of drug-likeness (QED) is 0.298. The van der Waals surface area contributed by atoms with Crippen molar-refractivity contribution < 1.29 is 17.9 Å². The molecule has 4 heterocycles. The number of para-hydroxylation sites is 1. The Balaban J connectivity index is 1.31. The van der Waals surface area contributed by atoms with Crippen molar-refractivity contribution in [2.24, 2.45) is 0 Å². The Kier molecular flexibility index (Phi) is 6.92. The number of hydrogen-bond acceptors (Lipinski definition) is 7. The summed E-state index contributed by atoms with van der Waals surface area (Å²) in [5.41, 5.74) is 3.58. The molecule has 0 amide bonds. The molecule has 198 valence electrons. The van der Waals surface area contributed by atoms with Crippen molar-refractivity contribution in [3.05, 3.63) is 77.4 Å². The minimum absolute atomic E-state index is 0.310. The first-order chi connectivity index (χ1) is 18.3. The number of thiophene rings is 1. The third kappa shape index (κ3) is 5.19. The van der Waals surface area contributed by atoms with Gasteiger partial charge in [0.15, 0.2) is 15.6 Å². The van der Waals surface area contributed by atoms with E-state index in [2.05, 4.69) is 17.0 Å². The predicted molar refractivity (Wildman–Crippen MR) is 150 cm³/mol. The van der Waals surface area contributed by atoms with Crippen LogP contribution < -0.4 is 0 Å². The van der Waals surface area contributed by atoms with Crippen LogP contribution in [0.15, 0.2) is 71.6 Å². The van der Waals surface area contributed by atoms with Gasteiger partial charge in [0, 0.05) is 43.6 Å². The van der Waals surface area contributed by atoms with Crippen molar-refractivity contribution >= 4 is 32.8 Å². The Labute approximate surface area is 231 Å². The van der Waals surface area contributed by atoms with Crippen molar-refractivity contribution in [2.75, 3.05) is 32.6 Å². The molecule has 0 atom stereocenters. The highest BCUT2D eigenvalue weighted by atomic mass is 35.5. The standard InChI is InChI=1S/C28H28ClN3O4S2/c1-38(33,34)22-6-4-5-20(17-22)26-9-10-27(37-26)25-18-21(30-32(25)24-8-3-2-7-23(24)29)19-31-13-11-28(12-14-31)35-15-16-36-28/h2-10,17-18H,11-16,19H2,1H3. The van der Waals surface area contributed by atoms with Crippen LogP contribution in [0.25, 0.3) is 26.7 Å². The number of likely N-dealkylation sites (tertiary alicyclic amines) is 1. The Morgan fingerprint density at radius 2 is 1.71 bits per heavy atom. The summed E-state index contributed by atoms with van der Waals surface area (Å²) < 4.78 is 37.8. The van der Waals surface area contributed by atoms with E-state index in [0.29, 0.717) is 23.1 Å². The molecule has 0 aliphatic carbocycles. The molecular weight excluding hydrogens is 542 g/mol. The van der Waals surface area contributed by atoms with Gasteiger partial charge in [-0.2, -0.15) is 5.10 Å². The highest BCUT2D eigenvalue weighted by Gasteiger charge is 2.39. The van der Waals surface area contributed by atoms with E-state index in [9.17, 15) is 8.42 Å². The van der Waals surface area contributed by atoms with Gasteiger partial charge in [0.05, 0.1) is 45.1 Å². The van der Waals surface area contributed by atoms with Gasteiger partial charge in [0.1, 0.15) is 0 Å². The minimum atomic E-state index is -3.29. The van der Waals surface area contributed by atoms with E-state index in [1.54, 1.807) is 29.5 Å². The van der Waals surface area contributed by atoms with Gasteiger partial charge in [0.2, 0.25) is 0 Å². The lowest BCUT2D eigenvalue weighted by Gasteiger charge is -2.37. The maximum Gasteiger partial charge on any atom is 0.175 e. The molecule has 0 saturated carbocycles.